The standard InChI is InChI=1S/C15H19NO2/c1-3-6-13(4-2)16-11-12-7-5-8-14-15(12)18-10-9-17-14/h2,5,7-8,13,16H,3,6,9-11H2,1H3. The van der Waals surface area contributed by atoms with Gasteiger partial charge in [-0.15, -0.1) is 6.42 Å². The number of para-hydroxylation sites is 1. The first-order valence-electron chi connectivity index (χ1n) is 6.42. The van der Waals surface area contributed by atoms with Crippen LogP contribution in [0.2, 0.25) is 0 Å². The van der Waals surface area contributed by atoms with Gasteiger partial charge in [-0.05, 0) is 12.5 Å². The van der Waals surface area contributed by atoms with Crippen LogP contribution >= 0.6 is 0 Å². The molecule has 0 amide bonds. The van der Waals surface area contributed by atoms with E-state index in [1.807, 2.05) is 18.2 Å². The smallest absolute Gasteiger partial charge is 0.165 e. The summed E-state index contributed by atoms with van der Waals surface area (Å²) in [7, 11) is 0. The van der Waals surface area contributed by atoms with E-state index in [9.17, 15) is 0 Å². The lowest BCUT2D eigenvalue weighted by Gasteiger charge is -2.21. The van der Waals surface area contributed by atoms with Crippen molar-refractivity contribution in [3.05, 3.63) is 23.8 Å². The van der Waals surface area contributed by atoms with E-state index in [-0.39, 0.29) is 6.04 Å². The molecule has 1 aliphatic rings. The molecule has 0 aromatic heterocycles. The summed E-state index contributed by atoms with van der Waals surface area (Å²) in [6, 6.07) is 6.08. The summed E-state index contributed by atoms with van der Waals surface area (Å²) in [4.78, 5) is 0. The Kier molecular flexibility index (Phi) is 4.49. The van der Waals surface area contributed by atoms with Crippen LogP contribution in [0.15, 0.2) is 18.2 Å². The largest absolute Gasteiger partial charge is 0.486 e. The molecule has 0 saturated carbocycles. The van der Waals surface area contributed by atoms with Crippen molar-refractivity contribution in [1.29, 1.82) is 0 Å². The second-order valence-electron chi connectivity index (χ2n) is 4.33. The number of nitrogens with one attached hydrogen (secondary N) is 1. The maximum absolute atomic E-state index is 5.66. The third-order valence-corrected chi connectivity index (χ3v) is 2.97. The molecule has 1 aliphatic heterocycles. The number of terminal acetylenes is 1. The number of rotatable bonds is 5. The van der Waals surface area contributed by atoms with Crippen LogP contribution in [0.1, 0.15) is 25.3 Å². The number of fused-ring (bicyclic) bond motifs is 1. The fourth-order valence-corrected chi connectivity index (χ4v) is 2.04. The molecular weight excluding hydrogens is 226 g/mol. The molecule has 1 N–H and O–H groups in total. The van der Waals surface area contributed by atoms with Gasteiger partial charge in [0, 0.05) is 12.1 Å². The molecule has 0 spiro atoms. The van der Waals surface area contributed by atoms with E-state index in [4.69, 9.17) is 15.9 Å². The Morgan fingerprint density at radius 1 is 1.39 bits per heavy atom. The molecule has 0 radical (unpaired) electrons. The summed E-state index contributed by atoms with van der Waals surface area (Å²) in [6.45, 7) is 4.07. The Morgan fingerprint density at radius 2 is 2.22 bits per heavy atom. The molecule has 0 saturated heterocycles. The van der Waals surface area contributed by atoms with Gasteiger partial charge in [0.1, 0.15) is 13.2 Å². The Labute approximate surface area is 108 Å². The zero-order chi connectivity index (χ0) is 12.8. The highest BCUT2D eigenvalue weighted by molar-refractivity contribution is 5.47. The van der Waals surface area contributed by atoms with Gasteiger partial charge in [-0.2, -0.15) is 0 Å². The van der Waals surface area contributed by atoms with Gasteiger partial charge >= 0.3 is 0 Å². The predicted molar refractivity (Wildman–Crippen MR) is 71.8 cm³/mol. The third kappa shape index (κ3) is 2.96. The van der Waals surface area contributed by atoms with Crippen LogP contribution in [0.25, 0.3) is 0 Å². The van der Waals surface area contributed by atoms with E-state index in [2.05, 4.69) is 18.2 Å². The van der Waals surface area contributed by atoms with Crippen molar-refractivity contribution in [3.63, 3.8) is 0 Å². The highest BCUT2D eigenvalue weighted by atomic mass is 16.6. The molecule has 3 nitrogen and oxygen atoms in total. The summed E-state index contributed by atoms with van der Waals surface area (Å²) in [6.07, 6.45) is 7.56. The van der Waals surface area contributed by atoms with Gasteiger partial charge in [-0.25, -0.2) is 0 Å². The number of benzene rings is 1. The Balaban J connectivity index is 2.03. The molecule has 1 unspecified atom stereocenters. The summed E-state index contributed by atoms with van der Waals surface area (Å²) in [5.41, 5.74) is 1.10. The lowest BCUT2D eigenvalue weighted by Crippen LogP contribution is -2.27. The molecule has 18 heavy (non-hydrogen) atoms. The van der Waals surface area contributed by atoms with Crippen LogP contribution in [0, 0.1) is 12.3 Å². The first-order chi connectivity index (χ1) is 8.85. The Morgan fingerprint density at radius 3 is 3.00 bits per heavy atom. The zero-order valence-corrected chi connectivity index (χ0v) is 10.7. The second-order valence-corrected chi connectivity index (χ2v) is 4.33. The number of hydrogen-bond donors (Lipinski definition) is 1. The third-order valence-electron chi connectivity index (χ3n) is 2.97. The van der Waals surface area contributed by atoms with Crippen LogP contribution in [-0.4, -0.2) is 19.3 Å². The van der Waals surface area contributed by atoms with Crippen molar-refractivity contribution in [1.82, 2.24) is 5.32 Å². The zero-order valence-electron chi connectivity index (χ0n) is 10.7. The van der Waals surface area contributed by atoms with E-state index in [1.165, 1.54) is 0 Å². The minimum Gasteiger partial charge on any atom is -0.486 e. The molecule has 0 bridgehead atoms. The van der Waals surface area contributed by atoms with Crippen LogP contribution in [-0.2, 0) is 6.54 Å². The quantitative estimate of drug-likeness (QED) is 0.808. The average Bonchev–Trinajstić information content (AvgIpc) is 2.43. The SMILES string of the molecule is C#CC(CCC)NCc1cccc2c1OCCO2. The van der Waals surface area contributed by atoms with E-state index >= 15 is 0 Å². The summed E-state index contributed by atoms with van der Waals surface area (Å²) in [5.74, 6) is 4.45. The van der Waals surface area contributed by atoms with Crippen molar-refractivity contribution in [2.45, 2.75) is 32.4 Å². The molecule has 96 valence electrons. The van der Waals surface area contributed by atoms with Gasteiger partial charge in [0.05, 0.1) is 6.04 Å². The summed E-state index contributed by atoms with van der Waals surface area (Å²) in [5, 5.41) is 3.37. The Hall–Kier alpha value is -1.66. The van der Waals surface area contributed by atoms with Gasteiger partial charge in [0.2, 0.25) is 0 Å². The molecule has 1 heterocycles. The molecule has 0 fully saturated rings. The number of hydrogen-bond acceptors (Lipinski definition) is 3. The predicted octanol–water partition coefficient (Wildman–Crippen LogP) is 2.35. The maximum atomic E-state index is 5.66. The molecule has 1 aromatic rings. The first-order valence-corrected chi connectivity index (χ1v) is 6.42. The first kappa shape index (κ1) is 12.8. The van der Waals surface area contributed by atoms with Crippen molar-refractivity contribution >= 4 is 0 Å². The molecule has 2 rings (SSSR count). The summed E-state index contributed by atoms with van der Waals surface area (Å²) >= 11 is 0. The minimum atomic E-state index is 0.121. The summed E-state index contributed by atoms with van der Waals surface area (Å²) < 4.78 is 11.2. The fourth-order valence-electron chi connectivity index (χ4n) is 2.04. The van der Waals surface area contributed by atoms with Crippen molar-refractivity contribution in [2.24, 2.45) is 0 Å². The van der Waals surface area contributed by atoms with Crippen LogP contribution < -0.4 is 14.8 Å². The molecule has 1 aromatic carbocycles. The van der Waals surface area contributed by atoms with Gasteiger partial charge < -0.3 is 9.47 Å². The van der Waals surface area contributed by atoms with Crippen LogP contribution in [0.4, 0.5) is 0 Å². The van der Waals surface area contributed by atoms with Gasteiger partial charge in [0.25, 0.3) is 0 Å². The molecule has 3 heteroatoms. The van der Waals surface area contributed by atoms with Gasteiger partial charge in [0.15, 0.2) is 11.5 Å². The lowest BCUT2D eigenvalue weighted by molar-refractivity contribution is 0.169. The molecular formula is C15H19NO2. The van der Waals surface area contributed by atoms with Gasteiger partial charge in [-0.3, -0.25) is 5.32 Å². The normalized spacial score (nSPS) is 14.9. The van der Waals surface area contributed by atoms with E-state index in [0.717, 1.165) is 29.9 Å². The van der Waals surface area contributed by atoms with Crippen LogP contribution in [0.5, 0.6) is 11.5 Å². The van der Waals surface area contributed by atoms with E-state index < -0.39 is 0 Å². The topological polar surface area (TPSA) is 30.5 Å². The van der Waals surface area contributed by atoms with Crippen molar-refractivity contribution in [3.8, 4) is 23.8 Å². The highest BCUT2D eigenvalue weighted by Crippen LogP contribution is 2.33. The van der Waals surface area contributed by atoms with Crippen molar-refractivity contribution < 1.29 is 9.47 Å². The minimum absolute atomic E-state index is 0.121. The maximum Gasteiger partial charge on any atom is 0.165 e. The highest BCUT2D eigenvalue weighted by Gasteiger charge is 2.15. The van der Waals surface area contributed by atoms with E-state index in [0.29, 0.717) is 19.8 Å². The van der Waals surface area contributed by atoms with E-state index in [1.54, 1.807) is 0 Å². The molecule has 1 atom stereocenters. The monoisotopic (exact) mass is 245 g/mol. The second kappa shape index (κ2) is 6.32. The number of ether oxygens (including phenoxy) is 2. The lowest BCUT2D eigenvalue weighted by atomic mass is 10.1. The van der Waals surface area contributed by atoms with Crippen molar-refractivity contribution in [2.75, 3.05) is 13.2 Å². The average molecular weight is 245 g/mol. The molecule has 0 aliphatic carbocycles. The Bertz CT molecular complexity index is 437. The fraction of sp³-hybridized carbons (Fsp3) is 0.467. The van der Waals surface area contributed by atoms with Crippen LogP contribution in [0.3, 0.4) is 0 Å². The van der Waals surface area contributed by atoms with Gasteiger partial charge in [-0.1, -0.05) is 31.4 Å².